The molecule has 22 heavy (non-hydrogen) atoms. The van der Waals surface area contributed by atoms with Crippen LogP contribution in [0.5, 0.6) is 0 Å². The van der Waals surface area contributed by atoms with Crippen LogP contribution in [0.1, 0.15) is 5.56 Å². The number of nitrogens with one attached hydrogen (secondary N) is 2. The molecule has 2 N–H and O–H groups in total. The second kappa shape index (κ2) is 3.93. The van der Waals surface area contributed by atoms with Crippen LogP contribution in [0.3, 0.4) is 0 Å². The van der Waals surface area contributed by atoms with Crippen LogP contribution in [0.2, 0.25) is 0 Å². The number of halogens is 3. The minimum absolute atomic E-state index is 0.0870. The molecule has 9 heteroatoms. The minimum atomic E-state index is -4.47. The summed E-state index contributed by atoms with van der Waals surface area (Å²) in [6.07, 6.45) is -4.47. The Morgan fingerprint density at radius 1 is 1.14 bits per heavy atom. The maximum absolute atomic E-state index is 12.8. The van der Waals surface area contributed by atoms with E-state index >= 15 is 0 Å². The number of hydrogen-bond donors (Lipinski definition) is 2. The number of alkyl halides is 3. The summed E-state index contributed by atoms with van der Waals surface area (Å²) in [6, 6.07) is 3.29. The lowest BCUT2D eigenvalue weighted by molar-refractivity contribution is -0.137. The highest BCUT2D eigenvalue weighted by atomic mass is 19.4. The third kappa shape index (κ3) is 1.62. The number of aromatic nitrogens is 2. The average Bonchev–Trinajstić information content (AvgIpc) is 2.89. The molecule has 114 valence electrons. The van der Waals surface area contributed by atoms with E-state index in [4.69, 9.17) is 0 Å². The van der Waals surface area contributed by atoms with Crippen molar-refractivity contribution in [2.45, 2.75) is 12.7 Å². The SMILES string of the molecule is O=c1[nH]c(=O)n2c3c1Nc1cc(C(F)(F)F)ccc1N3CC2. The molecule has 0 radical (unpaired) electrons. The topological polar surface area (TPSA) is 70.1 Å². The van der Waals surface area contributed by atoms with Gasteiger partial charge in [-0.1, -0.05) is 0 Å². The molecule has 1 aromatic heterocycles. The van der Waals surface area contributed by atoms with Crippen LogP contribution < -0.4 is 21.5 Å². The lowest BCUT2D eigenvalue weighted by Gasteiger charge is -2.29. The van der Waals surface area contributed by atoms with E-state index < -0.39 is 23.0 Å². The lowest BCUT2D eigenvalue weighted by atomic mass is 10.1. The highest BCUT2D eigenvalue weighted by Gasteiger charge is 2.36. The molecule has 1 aromatic carbocycles. The minimum Gasteiger partial charge on any atom is -0.346 e. The second-order valence-corrected chi connectivity index (χ2v) is 5.12. The number of fused-ring (bicyclic) bond motifs is 2. The molecule has 2 aromatic rings. The summed E-state index contributed by atoms with van der Waals surface area (Å²) in [7, 11) is 0. The van der Waals surface area contributed by atoms with Crippen molar-refractivity contribution in [2.75, 3.05) is 16.8 Å². The van der Waals surface area contributed by atoms with Gasteiger partial charge in [-0.25, -0.2) is 4.79 Å². The van der Waals surface area contributed by atoms with E-state index in [2.05, 4.69) is 10.3 Å². The van der Waals surface area contributed by atoms with Gasteiger partial charge in [0.25, 0.3) is 5.56 Å². The molecule has 0 bridgehead atoms. The zero-order chi connectivity index (χ0) is 15.6. The Morgan fingerprint density at radius 2 is 1.91 bits per heavy atom. The number of rotatable bonds is 0. The van der Waals surface area contributed by atoms with Crippen molar-refractivity contribution >= 4 is 22.9 Å². The molecule has 6 nitrogen and oxygen atoms in total. The first-order chi connectivity index (χ1) is 10.4. The van der Waals surface area contributed by atoms with E-state index in [0.717, 1.165) is 12.1 Å². The number of hydrogen-bond acceptors (Lipinski definition) is 4. The Labute approximate surface area is 120 Å². The normalized spacial score (nSPS) is 15.3. The molecule has 3 heterocycles. The van der Waals surface area contributed by atoms with Crippen molar-refractivity contribution in [2.24, 2.45) is 0 Å². The van der Waals surface area contributed by atoms with Crippen LogP contribution in [0.15, 0.2) is 27.8 Å². The Balaban J connectivity index is 1.95. The van der Waals surface area contributed by atoms with Gasteiger partial charge in [0, 0.05) is 13.1 Å². The Bertz CT molecular complexity index is 913. The van der Waals surface area contributed by atoms with Gasteiger partial charge in [0.15, 0.2) is 0 Å². The van der Waals surface area contributed by atoms with Gasteiger partial charge >= 0.3 is 11.9 Å². The summed E-state index contributed by atoms with van der Waals surface area (Å²) < 4.78 is 39.9. The number of aromatic amines is 1. The first kappa shape index (κ1) is 13.0. The summed E-state index contributed by atoms with van der Waals surface area (Å²) in [5.74, 6) is 0.390. The predicted octanol–water partition coefficient (Wildman–Crippen LogP) is 1.76. The van der Waals surface area contributed by atoms with Crippen LogP contribution in [0.25, 0.3) is 0 Å². The molecule has 0 unspecified atom stereocenters. The maximum Gasteiger partial charge on any atom is 0.416 e. The van der Waals surface area contributed by atoms with E-state index in [-0.39, 0.29) is 11.4 Å². The quantitative estimate of drug-likeness (QED) is 0.778. The van der Waals surface area contributed by atoms with Crippen molar-refractivity contribution in [3.8, 4) is 0 Å². The average molecular weight is 310 g/mol. The molecule has 2 aliphatic heterocycles. The van der Waals surface area contributed by atoms with Crippen molar-refractivity contribution < 1.29 is 13.2 Å². The van der Waals surface area contributed by atoms with E-state index in [0.29, 0.717) is 24.6 Å². The number of nitrogens with zero attached hydrogens (tertiary/aromatic N) is 2. The molecule has 0 saturated heterocycles. The Morgan fingerprint density at radius 3 is 2.64 bits per heavy atom. The van der Waals surface area contributed by atoms with Gasteiger partial charge in [0.1, 0.15) is 11.5 Å². The zero-order valence-corrected chi connectivity index (χ0v) is 11.0. The lowest BCUT2D eigenvalue weighted by Crippen LogP contribution is -2.32. The monoisotopic (exact) mass is 310 g/mol. The largest absolute Gasteiger partial charge is 0.416 e. The molecule has 0 saturated carbocycles. The third-order valence-corrected chi connectivity index (χ3v) is 3.85. The predicted molar refractivity (Wildman–Crippen MR) is 73.1 cm³/mol. The highest BCUT2D eigenvalue weighted by Crippen LogP contribution is 2.45. The van der Waals surface area contributed by atoms with E-state index in [1.54, 1.807) is 4.90 Å². The van der Waals surface area contributed by atoms with Crippen LogP contribution in [0, 0.1) is 0 Å². The standard InChI is InChI=1S/C13H9F3N4O2/c14-13(15,16)6-1-2-8-7(5-6)17-9-10(21)18-12(22)20-4-3-19(8)11(9)20/h1-2,5,17H,3-4H2,(H,18,21,22). The first-order valence-electron chi connectivity index (χ1n) is 6.49. The molecular weight excluding hydrogens is 301 g/mol. The molecule has 2 aliphatic rings. The van der Waals surface area contributed by atoms with Crippen molar-refractivity contribution in [1.29, 1.82) is 0 Å². The second-order valence-electron chi connectivity index (χ2n) is 5.12. The molecule has 4 rings (SSSR count). The number of H-pyrrole nitrogens is 1. The van der Waals surface area contributed by atoms with E-state index in [9.17, 15) is 22.8 Å². The Kier molecular flexibility index (Phi) is 2.32. The van der Waals surface area contributed by atoms with Gasteiger partial charge in [-0.05, 0) is 18.2 Å². The highest BCUT2D eigenvalue weighted by molar-refractivity contribution is 5.90. The summed E-state index contributed by atoms with van der Waals surface area (Å²) >= 11 is 0. The van der Waals surface area contributed by atoms with Gasteiger partial charge in [-0.2, -0.15) is 13.2 Å². The van der Waals surface area contributed by atoms with Crippen LogP contribution >= 0.6 is 0 Å². The molecule has 0 aliphatic carbocycles. The summed E-state index contributed by atoms with van der Waals surface area (Å²) in [5.41, 5.74) is -1.18. The van der Waals surface area contributed by atoms with Crippen LogP contribution in [-0.4, -0.2) is 16.1 Å². The number of benzene rings is 1. The van der Waals surface area contributed by atoms with Crippen molar-refractivity contribution in [3.63, 3.8) is 0 Å². The third-order valence-electron chi connectivity index (χ3n) is 3.85. The fourth-order valence-electron chi connectivity index (χ4n) is 2.88. The summed E-state index contributed by atoms with van der Waals surface area (Å²) in [5, 5.41) is 2.71. The molecule has 0 amide bonds. The van der Waals surface area contributed by atoms with Gasteiger partial charge in [0.2, 0.25) is 0 Å². The van der Waals surface area contributed by atoms with Gasteiger partial charge in [0.05, 0.1) is 16.9 Å². The van der Waals surface area contributed by atoms with E-state index in [1.807, 2.05) is 0 Å². The first-order valence-corrected chi connectivity index (χ1v) is 6.49. The van der Waals surface area contributed by atoms with E-state index in [1.165, 1.54) is 10.6 Å². The summed E-state index contributed by atoms with van der Waals surface area (Å²) in [4.78, 5) is 27.5. The Hall–Kier alpha value is -2.71. The maximum atomic E-state index is 12.8. The zero-order valence-electron chi connectivity index (χ0n) is 11.0. The molecule has 0 atom stereocenters. The molecule has 0 fully saturated rings. The van der Waals surface area contributed by atoms with Crippen molar-refractivity contribution in [1.82, 2.24) is 9.55 Å². The smallest absolute Gasteiger partial charge is 0.346 e. The van der Waals surface area contributed by atoms with Gasteiger partial charge < -0.3 is 10.2 Å². The fourth-order valence-corrected chi connectivity index (χ4v) is 2.88. The van der Waals surface area contributed by atoms with Gasteiger partial charge in [-0.15, -0.1) is 0 Å². The van der Waals surface area contributed by atoms with Crippen molar-refractivity contribution in [3.05, 3.63) is 44.6 Å². The number of anilines is 4. The van der Waals surface area contributed by atoms with Gasteiger partial charge in [-0.3, -0.25) is 14.3 Å². The molecule has 0 spiro atoms. The summed E-state index contributed by atoms with van der Waals surface area (Å²) in [6.45, 7) is 0.777. The van der Waals surface area contributed by atoms with Crippen LogP contribution in [0.4, 0.5) is 36.1 Å². The molecular formula is C13H9F3N4O2. The fraction of sp³-hybridized carbons (Fsp3) is 0.231. The van der Waals surface area contributed by atoms with Crippen LogP contribution in [-0.2, 0) is 12.7 Å².